The van der Waals surface area contributed by atoms with E-state index in [0.717, 1.165) is 32.1 Å². The average molecular weight is 323 g/mol. The summed E-state index contributed by atoms with van der Waals surface area (Å²) in [6.07, 6.45) is 24.4. The molecular formula is C22H42O. The monoisotopic (exact) mass is 322 g/mol. The standard InChI is InChI=1S/C22H42O/c1-3-5-7-9-11-12-13-15-17-19-21-22(23)20-18-16-14-10-8-6-4-2/h4H,2-3,5-21H2,1H3. The van der Waals surface area contributed by atoms with Crippen molar-refractivity contribution in [2.75, 3.05) is 0 Å². The molecule has 0 spiro atoms. The molecule has 0 saturated heterocycles. The Morgan fingerprint density at radius 2 is 1.04 bits per heavy atom. The lowest BCUT2D eigenvalue weighted by molar-refractivity contribution is -0.119. The highest BCUT2D eigenvalue weighted by Crippen LogP contribution is 2.13. The molecule has 0 aliphatic carbocycles. The number of unbranched alkanes of at least 4 members (excludes halogenated alkanes) is 14. The molecule has 23 heavy (non-hydrogen) atoms. The molecule has 0 aromatic carbocycles. The molecule has 1 heteroatoms. The van der Waals surface area contributed by atoms with Gasteiger partial charge in [-0.1, -0.05) is 90.0 Å². The molecule has 0 aromatic rings. The SMILES string of the molecule is C=CCCCCCCCC(=O)CCCCCCCCCCCC. The number of rotatable bonds is 19. The number of hydrogen-bond donors (Lipinski definition) is 0. The molecule has 0 rings (SSSR count). The third-order valence-electron chi connectivity index (χ3n) is 4.67. The van der Waals surface area contributed by atoms with E-state index in [1.54, 1.807) is 0 Å². The van der Waals surface area contributed by atoms with E-state index in [1.165, 1.54) is 83.5 Å². The van der Waals surface area contributed by atoms with E-state index in [9.17, 15) is 4.79 Å². The third kappa shape index (κ3) is 19.4. The lowest BCUT2D eigenvalue weighted by Crippen LogP contribution is -1.97. The molecule has 0 heterocycles. The van der Waals surface area contributed by atoms with Crippen LogP contribution in [0.4, 0.5) is 0 Å². The molecule has 0 N–H and O–H groups in total. The highest BCUT2D eigenvalue weighted by molar-refractivity contribution is 5.78. The van der Waals surface area contributed by atoms with Crippen molar-refractivity contribution in [2.45, 2.75) is 122 Å². The van der Waals surface area contributed by atoms with E-state index in [0.29, 0.717) is 5.78 Å². The normalized spacial score (nSPS) is 10.8. The van der Waals surface area contributed by atoms with Crippen LogP contribution in [0.5, 0.6) is 0 Å². The van der Waals surface area contributed by atoms with Gasteiger partial charge in [0.25, 0.3) is 0 Å². The zero-order valence-corrected chi connectivity index (χ0v) is 15.9. The van der Waals surface area contributed by atoms with Gasteiger partial charge in [-0.25, -0.2) is 0 Å². The molecule has 0 atom stereocenters. The predicted molar refractivity (Wildman–Crippen MR) is 104 cm³/mol. The zero-order valence-electron chi connectivity index (χ0n) is 15.9. The van der Waals surface area contributed by atoms with Gasteiger partial charge in [0, 0.05) is 12.8 Å². The quantitative estimate of drug-likeness (QED) is 0.175. The van der Waals surface area contributed by atoms with E-state index >= 15 is 0 Å². The Hall–Kier alpha value is -0.590. The van der Waals surface area contributed by atoms with Crippen LogP contribution in [0.15, 0.2) is 12.7 Å². The lowest BCUT2D eigenvalue weighted by atomic mass is 10.0. The summed E-state index contributed by atoms with van der Waals surface area (Å²) in [4.78, 5) is 11.8. The zero-order chi connectivity index (χ0) is 17.0. The number of carbonyl (C=O) groups excluding carboxylic acids is 1. The van der Waals surface area contributed by atoms with Crippen molar-refractivity contribution in [2.24, 2.45) is 0 Å². The minimum absolute atomic E-state index is 0.496. The molecule has 0 bridgehead atoms. The molecular weight excluding hydrogens is 280 g/mol. The number of carbonyl (C=O) groups is 1. The average Bonchev–Trinajstić information content (AvgIpc) is 2.55. The molecule has 0 aliphatic heterocycles. The number of ketones is 1. The fourth-order valence-electron chi connectivity index (χ4n) is 3.08. The van der Waals surface area contributed by atoms with Gasteiger partial charge in [-0.15, -0.1) is 6.58 Å². The summed E-state index contributed by atoms with van der Waals surface area (Å²) in [5, 5.41) is 0. The predicted octanol–water partition coefficient (Wildman–Crippen LogP) is 7.78. The second kappa shape index (κ2) is 19.5. The van der Waals surface area contributed by atoms with E-state index in [4.69, 9.17) is 0 Å². The van der Waals surface area contributed by atoms with Crippen molar-refractivity contribution < 1.29 is 4.79 Å². The van der Waals surface area contributed by atoms with Gasteiger partial charge in [0.1, 0.15) is 5.78 Å². The Balaban J connectivity index is 3.14. The molecule has 0 radical (unpaired) electrons. The van der Waals surface area contributed by atoms with Crippen molar-refractivity contribution in [3.63, 3.8) is 0 Å². The maximum Gasteiger partial charge on any atom is 0.132 e. The first-order valence-corrected chi connectivity index (χ1v) is 10.4. The fourth-order valence-corrected chi connectivity index (χ4v) is 3.08. The molecule has 1 nitrogen and oxygen atoms in total. The number of Topliss-reactive ketones (excluding diaryl/α,β-unsaturated/α-hetero) is 1. The Kier molecular flexibility index (Phi) is 19.0. The topological polar surface area (TPSA) is 17.1 Å². The second-order valence-electron chi connectivity index (χ2n) is 7.07. The van der Waals surface area contributed by atoms with Gasteiger partial charge in [0.05, 0.1) is 0 Å². The molecule has 0 aliphatic rings. The number of hydrogen-bond acceptors (Lipinski definition) is 1. The largest absolute Gasteiger partial charge is 0.300 e. The first-order valence-electron chi connectivity index (χ1n) is 10.4. The van der Waals surface area contributed by atoms with Crippen LogP contribution in [-0.2, 0) is 4.79 Å². The Morgan fingerprint density at radius 1 is 0.652 bits per heavy atom. The first kappa shape index (κ1) is 22.4. The maximum absolute atomic E-state index is 11.8. The van der Waals surface area contributed by atoms with Crippen LogP contribution in [0, 0.1) is 0 Å². The summed E-state index contributed by atoms with van der Waals surface area (Å²) in [6, 6.07) is 0. The van der Waals surface area contributed by atoms with Crippen LogP contribution in [0.25, 0.3) is 0 Å². The Bertz CT molecular complexity index is 257. The Labute approximate surface area is 146 Å². The second-order valence-corrected chi connectivity index (χ2v) is 7.07. The van der Waals surface area contributed by atoms with Crippen LogP contribution in [0.2, 0.25) is 0 Å². The van der Waals surface area contributed by atoms with E-state index in [-0.39, 0.29) is 0 Å². The van der Waals surface area contributed by atoms with Gasteiger partial charge in [-0.2, -0.15) is 0 Å². The van der Waals surface area contributed by atoms with Gasteiger partial charge in [0.2, 0.25) is 0 Å². The van der Waals surface area contributed by atoms with E-state index in [2.05, 4.69) is 13.5 Å². The van der Waals surface area contributed by atoms with Crippen LogP contribution in [-0.4, -0.2) is 5.78 Å². The summed E-state index contributed by atoms with van der Waals surface area (Å²) >= 11 is 0. The van der Waals surface area contributed by atoms with Crippen molar-refractivity contribution >= 4 is 5.78 Å². The molecule has 0 unspecified atom stereocenters. The van der Waals surface area contributed by atoms with Gasteiger partial charge in [0.15, 0.2) is 0 Å². The van der Waals surface area contributed by atoms with Crippen LogP contribution in [0.3, 0.4) is 0 Å². The molecule has 0 aromatic heterocycles. The van der Waals surface area contributed by atoms with Crippen LogP contribution in [0.1, 0.15) is 122 Å². The van der Waals surface area contributed by atoms with Gasteiger partial charge in [-0.05, 0) is 25.7 Å². The van der Waals surface area contributed by atoms with Crippen molar-refractivity contribution in [3.8, 4) is 0 Å². The minimum atomic E-state index is 0.496. The van der Waals surface area contributed by atoms with E-state index in [1.807, 2.05) is 6.08 Å². The minimum Gasteiger partial charge on any atom is -0.300 e. The molecule has 0 fully saturated rings. The summed E-state index contributed by atoms with van der Waals surface area (Å²) in [5.74, 6) is 0.496. The molecule has 0 saturated carbocycles. The van der Waals surface area contributed by atoms with Gasteiger partial charge >= 0.3 is 0 Å². The molecule has 136 valence electrons. The molecule has 0 amide bonds. The first-order chi connectivity index (χ1) is 11.3. The third-order valence-corrected chi connectivity index (χ3v) is 4.67. The Morgan fingerprint density at radius 3 is 1.48 bits per heavy atom. The smallest absolute Gasteiger partial charge is 0.132 e. The number of allylic oxidation sites excluding steroid dienone is 1. The van der Waals surface area contributed by atoms with Gasteiger partial charge in [-0.3, -0.25) is 4.79 Å². The highest BCUT2D eigenvalue weighted by Gasteiger charge is 2.01. The van der Waals surface area contributed by atoms with Crippen LogP contribution < -0.4 is 0 Å². The fraction of sp³-hybridized carbons (Fsp3) is 0.864. The van der Waals surface area contributed by atoms with Crippen molar-refractivity contribution in [3.05, 3.63) is 12.7 Å². The van der Waals surface area contributed by atoms with Gasteiger partial charge < -0.3 is 0 Å². The highest BCUT2D eigenvalue weighted by atomic mass is 16.1. The van der Waals surface area contributed by atoms with E-state index < -0.39 is 0 Å². The van der Waals surface area contributed by atoms with Crippen molar-refractivity contribution in [1.29, 1.82) is 0 Å². The summed E-state index contributed by atoms with van der Waals surface area (Å²) in [7, 11) is 0. The maximum atomic E-state index is 11.8. The summed E-state index contributed by atoms with van der Waals surface area (Å²) in [5.41, 5.74) is 0. The summed E-state index contributed by atoms with van der Waals surface area (Å²) < 4.78 is 0. The lowest BCUT2D eigenvalue weighted by Gasteiger charge is -2.03. The van der Waals surface area contributed by atoms with Crippen LogP contribution >= 0.6 is 0 Å². The summed E-state index contributed by atoms with van der Waals surface area (Å²) in [6.45, 7) is 6.01. The van der Waals surface area contributed by atoms with Crippen molar-refractivity contribution in [1.82, 2.24) is 0 Å².